The largest absolute Gasteiger partial charge is 0.312 e. The fourth-order valence-electron chi connectivity index (χ4n) is 2.78. The zero-order valence-electron chi connectivity index (χ0n) is 16.1. The van der Waals surface area contributed by atoms with Crippen LogP contribution in [0, 0.1) is 5.82 Å². The van der Waals surface area contributed by atoms with E-state index >= 15 is 0 Å². The van der Waals surface area contributed by atoms with E-state index in [1.165, 1.54) is 35.2 Å². The summed E-state index contributed by atoms with van der Waals surface area (Å²) in [5.74, 6) is -0.159. The minimum atomic E-state index is -0.295. The molecule has 0 saturated heterocycles. The third kappa shape index (κ3) is 4.74. The summed E-state index contributed by atoms with van der Waals surface area (Å²) in [5.41, 5.74) is 2.52. The first-order chi connectivity index (χ1) is 14.6. The average Bonchev–Trinajstić information content (AvgIpc) is 3.41. The standard InChI is InChI=1S/C21H18FN5OS2/c1-26-14-23-25-21(26)30-13-19(28)27(11-15-5-3-2-4-6-15)20-24-18(12-29-20)16-7-9-17(22)10-8-16/h2-10,12,14H,11,13H2,1H3. The van der Waals surface area contributed by atoms with Crippen LogP contribution >= 0.6 is 23.1 Å². The van der Waals surface area contributed by atoms with Gasteiger partial charge in [-0.2, -0.15) is 0 Å². The highest BCUT2D eigenvalue weighted by molar-refractivity contribution is 7.99. The lowest BCUT2D eigenvalue weighted by Crippen LogP contribution is -2.32. The smallest absolute Gasteiger partial charge is 0.239 e. The van der Waals surface area contributed by atoms with E-state index in [4.69, 9.17) is 0 Å². The fraction of sp³-hybridized carbons (Fsp3) is 0.143. The first kappa shape index (κ1) is 20.2. The Morgan fingerprint density at radius 2 is 1.93 bits per heavy atom. The number of hydrogen-bond acceptors (Lipinski definition) is 6. The summed E-state index contributed by atoms with van der Waals surface area (Å²) in [6.07, 6.45) is 1.60. The van der Waals surface area contributed by atoms with E-state index in [0.717, 1.165) is 11.1 Å². The van der Waals surface area contributed by atoms with Gasteiger partial charge in [0.05, 0.1) is 18.0 Å². The van der Waals surface area contributed by atoms with Crippen molar-refractivity contribution < 1.29 is 9.18 Å². The van der Waals surface area contributed by atoms with Gasteiger partial charge in [-0.15, -0.1) is 21.5 Å². The number of halogens is 1. The maximum absolute atomic E-state index is 13.2. The van der Waals surface area contributed by atoms with Crippen molar-refractivity contribution in [1.82, 2.24) is 19.7 Å². The molecule has 0 fully saturated rings. The maximum Gasteiger partial charge on any atom is 0.239 e. The molecule has 0 aliphatic rings. The van der Waals surface area contributed by atoms with Crippen molar-refractivity contribution in [2.24, 2.45) is 7.05 Å². The summed E-state index contributed by atoms with van der Waals surface area (Å²) in [6.45, 7) is 0.412. The van der Waals surface area contributed by atoms with Gasteiger partial charge in [0.25, 0.3) is 0 Å². The van der Waals surface area contributed by atoms with E-state index in [1.54, 1.807) is 27.9 Å². The molecule has 2 heterocycles. The van der Waals surface area contributed by atoms with E-state index in [9.17, 15) is 9.18 Å². The van der Waals surface area contributed by atoms with Crippen LogP contribution in [0.3, 0.4) is 0 Å². The Morgan fingerprint density at radius 1 is 1.17 bits per heavy atom. The van der Waals surface area contributed by atoms with Crippen LogP contribution in [0.4, 0.5) is 9.52 Å². The lowest BCUT2D eigenvalue weighted by Gasteiger charge is -2.20. The second kappa shape index (κ2) is 9.19. The molecular weight excluding hydrogens is 421 g/mol. The number of hydrogen-bond donors (Lipinski definition) is 0. The zero-order chi connectivity index (χ0) is 20.9. The van der Waals surface area contributed by atoms with Crippen molar-refractivity contribution in [3.05, 3.63) is 77.7 Å². The van der Waals surface area contributed by atoms with Crippen LogP contribution in [0.2, 0.25) is 0 Å². The molecule has 2 aromatic heterocycles. The third-order valence-electron chi connectivity index (χ3n) is 4.34. The van der Waals surface area contributed by atoms with Gasteiger partial charge in [-0.1, -0.05) is 42.1 Å². The summed E-state index contributed by atoms with van der Waals surface area (Å²) in [6, 6.07) is 15.9. The number of rotatable bonds is 7. The molecule has 30 heavy (non-hydrogen) atoms. The van der Waals surface area contributed by atoms with Gasteiger partial charge in [-0.05, 0) is 29.8 Å². The van der Waals surface area contributed by atoms with Gasteiger partial charge in [-0.25, -0.2) is 9.37 Å². The number of nitrogens with zero attached hydrogens (tertiary/aromatic N) is 5. The second-order valence-corrected chi connectivity index (χ2v) is 8.28. The molecule has 0 atom stereocenters. The Labute approximate surface area is 181 Å². The third-order valence-corrected chi connectivity index (χ3v) is 6.22. The number of carbonyl (C=O) groups is 1. The van der Waals surface area contributed by atoms with Crippen molar-refractivity contribution in [2.45, 2.75) is 11.7 Å². The topological polar surface area (TPSA) is 63.9 Å². The van der Waals surface area contributed by atoms with Crippen molar-refractivity contribution in [3.8, 4) is 11.3 Å². The Balaban J connectivity index is 1.57. The zero-order valence-corrected chi connectivity index (χ0v) is 17.7. The van der Waals surface area contributed by atoms with Crippen molar-refractivity contribution in [1.29, 1.82) is 0 Å². The van der Waals surface area contributed by atoms with E-state index in [2.05, 4.69) is 15.2 Å². The number of benzene rings is 2. The number of aromatic nitrogens is 4. The number of thiazole rings is 1. The molecule has 4 aromatic rings. The van der Waals surface area contributed by atoms with Crippen LogP contribution in [-0.2, 0) is 18.4 Å². The lowest BCUT2D eigenvalue weighted by molar-refractivity contribution is -0.116. The molecular formula is C21H18FN5OS2. The highest BCUT2D eigenvalue weighted by atomic mass is 32.2. The van der Waals surface area contributed by atoms with E-state index in [1.807, 2.05) is 42.8 Å². The molecule has 0 aliphatic heterocycles. The van der Waals surface area contributed by atoms with Gasteiger partial charge in [0.2, 0.25) is 5.91 Å². The summed E-state index contributed by atoms with van der Waals surface area (Å²) in [5, 5.41) is 11.0. The molecule has 0 radical (unpaired) electrons. The van der Waals surface area contributed by atoms with Gasteiger partial charge in [0.15, 0.2) is 10.3 Å². The highest BCUT2D eigenvalue weighted by Crippen LogP contribution is 2.29. The van der Waals surface area contributed by atoms with Crippen molar-refractivity contribution in [3.63, 3.8) is 0 Å². The quantitative estimate of drug-likeness (QED) is 0.399. The van der Waals surface area contributed by atoms with Crippen LogP contribution in [0.25, 0.3) is 11.3 Å². The van der Waals surface area contributed by atoms with Crippen LogP contribution < -0.4 is 4.90 Å². The van der Waals surface area contributed by atoms with Crippen molar-refractivity contribution >= 4 is 34.1 Å². The van der Waals surface area contributed by atoms with Crippen LogP contribution in [0.15, 0.2) is 71.5 Å². The van der Waals surface area contributed by atoms with Gasteiger partial charge >= 0.3 is 0 Å². The van der Waals surface area contributed by atoms with Gasteiger partial charge in [-0.3, -0.25) is 9.69 Å². The monoisotopic (exact) mass is 439 g/mol. The summed E-state index contributed by atoms with van der Waals surface area (Å²) in [4.78, 5) is 19.4. The lowest BCUT2D eigenvalue weighted by atomic mass is 10.2. The maximum atomic E-state index is 13.2. The molecule has 0 bridgehead atoms. The first-order valence-corrected chi connectivity index (χ1v) is 11.0. The first-order valence-electron chi connectivity index (χ1n) is 9.13. The number of thioether (sulfide) groups is 1. The molecule has 0 spiro atoms. The van der Waals surface area contributed by atoms with Gasteiger partial charge in [0.1, 0.15) is 12.1 Å². The normalized spacial score (nSPS) is 10.9. The van der Waals surface area contributed by atoms with E-state index in [0.29, 0.717) is 22.5 Å². The predicted octanol–water partition coefficient (Wildman–Crippen LogP) is 4.40. The molecule has 0 unspecified atom stereocenters. The molecule has 4 rings (SSSR count). The average molecular weight is 440 g/mol. The Morgan fingerprint density at radius 3 is 2.63 bits per heavy atom. The van der Waals surface area contributed by atoms with Crippen LogP contribution in [0.5, 0.6) is 0 Å². The minimum Gasteiger partial charge on any atom is -0.312 e. The molecule has 0 saturated carbocycles. The Kier molecular flexibility index (Phi) is 6.20. The summed E-state index contributed by atoms with van der Waals surface area (Å²) in [7, 11) is 1.84. The minimum absolute atomic E-state index is 0.0770. The molecule has 1 amide bonds. The van der Waals surface area contributed by atoms with Crippen LogP contribution in [-0.4, -0.2) is 31.4 Å². The molecule has 0 N–H and O–H groups in total. The molecule has 2 aromatic carbocycles. The number of anilines is 1. The van der Waals surface area contributed by atoms with Gasteiger partial charge in [0, 0.05) is 18.0 Å². The van der Waals surface area contributed by atoms with Crippen LogP contribution in [0.1, 0.15) is 5.56 Å². The second-order valence-electron chi connectivity index (χ2n) is 6.50. The summed E-state index contributed by atoms with van der Waals surface area (Å²) < 4.78 is 15.0. The molecule has 9 heteroatoms. The molecule has 152 valence electrons. The highest BCUT2D eigenvalue weighted by Gasteiger charge is 2.21. The Bertz CT molecular complexity index is 1130. The fourth-order valence-corrected chi connectivity index (χ4v) is 4.39. The molecule has 6 nitrogen and oxygen atoms in total. The van der Waals surface area contributed by atoms with E-state index < -0.39 is 0 Å². The van der Waals surface area contributed by atoms with E-state index in [-0.39, 0.29) is 17.5 Å². The SMILES string of the molecule is Cn1cnnc1SCC(=O)N(Cc1ccccc1)c1nc(-c2ccc(F)cc2)cs1. The summed E-state index contributed by atoms with van der Waals surface area (Å²) >= 11 is 2.72. The number of amides is 1. The predicted molar refractivity (Wildman–Crippen MR) is 117 cm³/mol. The number of carbonyl (C=O) groups excluding carboxylic acids is 1. The van der Waals surface area contributed by atoms with Crippen molar-refractivity contribution in [2.75, 3.05) is 10.7 Å². The van der Waals surface area contributed by atoms with Gasteiger partial charge < -0.3 is 4.57 Å². The molecule has 0 aliphatic carbocycles. The Hall–Kier alpha value is -3.04. The number of aryl methyl sites for hydroxylation is 1.